The molecule has 0 unspecified atom stereocenters. The van der Waals surface area contributed by atoms with Gasteiger partial charge in [0.1, 0.15) is 18.2 Å². The van der Waals surface area contributed by atoms with Crippen LogP contribution in [0, 0.1) is 5.82 Å². The third-order valence-electron chi connectivity index (χ3n) is 4.38. The third-order valence-corrected chi connectivity index (χ3v) is 4.64. The number of para-hydroxylation sites is 2. The number of rotatable bonds is 6. The summed E-state index contributed by atoms with van der Waals surface area (Å²) in [5, 5.41) is 3.42. The fourth-order valence-corrected chi connectivity index (χ4v) is 3.08. The summed E-state index contributed by atoms with van der Waals surface area (Å²) >= 11 is 5.89. The average Bonchev–Trinajstić information content (AvgIpc) is 3.07. The van der Waals surface area contributed by atoms with Gasteiger partial charge in [0.2, 0.25) is 5.95 Å². The van der Waals surface area contributed by atoms with Crippen molar-refractivity contribution >= 4 is 34.5 Å². The Morgan fingerprint density at radius 2 is 1.76 bits per heavy atom. The normalized spacial score (nSPS) is 10.8. The molecule has 4 aromatic rings. The highest BCUT2D eigenvalue weighted by molar-refractivity contribution is 6.30. The van der Waals surface area contributed by atoms with Gasteiger partial charge in [-0.3, -0.25) is 10.1 Å². The monoisotopic (exact) mass is 409 g/mol. The highest BCUT2D eigenvalue weighted by Gasteiger charge is 2.14. The van der Waals surface area contributed by atoms with E-state index in [1.165, 1.54) is 12.1 Å². The molecule has 1 amide bonds. The lowest BCUT2D eigenvalue weighted by Gasteiger charge is -2.11. The minimum absolute atomic E-state index is 0.280. The zero-order chi connectivity index (χ0) is 20.2. The molecular formula is C22H17ClFN3O2. The first-order valence-corrected chi connectivity index (χ1v) is 9.38. The number of fused-ring (bicyclic) bond motifs is 1. The number of carbonyl (C=O) groups excluding carboxylic acids is 1. The van der Waals surface area contributed by atoms with E-state index in [0.29, 0.717) is 35.4 Å². The van der Waals surface area contributed by atoms with Crippen molar-refractivity contribution in [1.29, 1.82) is 0 Å². The smallest absolute Gasteiger partial charge is 0.257 e. The zero-order valence-corrected chi connectivity index (χ0v) is 16.1. The topological polar surface area (TPSA) is 56.2 Å². The number of imidazole rings is 1. The maximum Gasteiger partial charge on any atom is 0.257 e. The van der Waals surface area contributed by atoms with Gasteiger partial charge in [0.05, 0.1) is 17.6 Å². The minimum Gasteiger partial charge on any atom is -0.492 e. The number of aromatic nitrogens is 2. The molecule has 4 rings (SSSR count). The van der Waals surface area contributed by atoms with Crippen LogP contribution in [0.4, 0.5) is 10.3 Å². The van der Waals surface area contributed by atoms with Gasteiger partial charge in [-0.15, -0.1) is 0 Å². The van der Waals surface area contributed by atoms with Crippen LogP contribution in [0.15, 0.2) is 72.8 Å². The van der Waals surface area contributed by atoms with E-state index in [1.807, 2.05) is 28.8 Å². The van der Waals surface area contributed by atoms with Crippen molar-refractivity contribution in [2.24, 2.45) is 0 Å². The summed E-state index contributed by atoms with van der Waals surface area (Å²) < 4.78 is 20.6. The summed E-state index contributed by atoms with van der Waals surface area (Å²) in [6.07, 6.45) is 0. The van der Waals surface area contributed by atoms with Crippen molar-refractivity contribution in [3.05, 3.63) is 89.2 Å². The molecule has 0 saturated heterocycles. The Hall–Kier alpha value is -3.38. The van der Waals surface area contributed by atoms with Crippen molar-refractivity contribution in [2.45, 2.75) is 6.54 Å². The lowest BCUT2D eigenvalue weighted by Crippen LogP contribution is -2.17. The number of benzene rings is 3. The predicted molar refractivity (Wildman–Crippen MR) is 111 cm³/mol. The highest BCUT2D eigenvalue weighted by atomic mass is 35.5. The van der Waals surface area contributed by atoms with Crippen LogP contribution < -0.4 is 10.1 Å². The van der Waals surface area contributed by atoms with Gasteiger partial charge in [0.15, 0.2) is 0 Å². The lowest BCUT2D eigenvalue weighted by atomic mass is 10.2. The van der Waals surface area contributed by atoms with Gasteiger partial charge in [-0.05, 0) is 60.7 Å². The van der Waals surface area contributed by atoms with E-state index >= 15 is 0 Å². The van der Waals surface area contributed by atoms with Crippen LogP contribution in [-0.2, 0) is 6.54 Å². The van der Waals surface area contributed by atoms with Gasteiger partial charge in [-0.1, -0.05) is 23.7 Å². The largest absolute Gasteiger partial charge is 0.492 e. The van der Waals surface area contributed by atoms with Crippen LogP contribution in [-0.4, -0.2) is 22.1 Å². The van der Waals surface area contributed by atoms with E-state index < -0.39 is 0 Å². The quantitative estimate of drug-likeness (QED) is 0.478. The van der Waals surface area contributed by atoms with Crippen LogP contribution in [0.2, 0.25) is 5.02 Å². The molecule has 0 aliphatic heterocycles. The number of carbonyl (C=O) groups is 1. The average molecular weight is 410 g/mol. The fraction of sp³-hybridized carbons (Fsp3) is 0.0909. The second-order valence-electron chi connectivity index (χ2n) is 6.34. The first kappa shape index (κ1) is 19.0. The number of anilines is 1. The summed E-state index contributed by atoms with van der Waals surface area (Å²) in [4.78, 5) is 17.1. The summed E-state index contributed by atoms with van der Waals surface area (Å²) in [6, 6.07) is 20.1. The van der Waals surface area contributed by atoms with Gasteiger partial charge in [-0.25, -0.2) is 9.37 Å². The predicted octanol–water partition coefficient (Wildman–Crippen LogP) is 5.16. The number of hydrogen-bond acceptors (Lipinski definition) is 3. The van der Waals surface area contributed by atoms with Gasteiger partial charge in [0.25, 0.3) is 5.91 Å². The lowest BCUT2D eigenvalue weighted by molar-refractivity contribution is 0.102. The standard InChI is InChI=1S/C22H17ClFN3O2/c23-16-7-5-15(6-8-16)21(28)26-22-25-19-3-1-2-4-20(19)27(22)13-14-29-18-11-9-17(24)10-12-18/h1-12H,13-14H2,(H,25,26,28). The number of halogens is 2. The Labute approximate surface area is 171 Å². The molecule has 0 radical (unpaired) electrons. The molecule has 146 valence electrons. The molecule has 7 heteroatoms. The van der Waals surface area contributed by atoms with Crippen LogP contribution >= 0.6 is 11.6 Å². The molecule has 0 aliphatic rings. The molecule has 5 nitrogen and oxygen atoms in total. The van der Waals surface area contributed by atoms with Gasteiger partial charge in [0, 0.05) is 10.6 Å². The number of hydrogen-bond donors (Lipinski definition) is 1. The first-order valence-electron chi connectivity index (χ1n) is 9.01. The number of ether oxygens (including phenoxy) is 1. The molecule has 1 heterocycles. The van der Waals surface area contributed by atoms with E-state index in [4.69, 9.17) is 16.3 Å². The Morgan fingerprint density at radius 3 is 2.52 bits per heavy atom. The van der Waals surface area contributed by atoms with E-state index in [1.54, 1.807) is 36.4 Å². The molecule has 0 spiro atoms. The second kappa shape index (κ2) is 8.32. The van der Waals surface area contributed by atoms with E-state index in [-0.39, 0.29) is 11.7 Å². The highest BCUT2D eigenvalue weighted by Crippen LogP contribution is 2.21. The zero-order valence-electron chi connectivity index (χ0n) is 15.3. The Balaban J connectivity index is 1.54. The third kappa shape index (κ3) is 4.38. The molecule has 0 fully saturated rings. The Morgan fingerprint density at radius 1 is 1.03 bits per heavy atom. The molecule has 1 N–H and O–H groups in total. The molecule has 0 aliphatic carbocycles. The summed E-state index contributed by atoms with van der Waals surface area (Å²) in [5.41, 5.74) is 2.12. The number of nitrogens with zero attached hydrogens (tertiary/aromatic N) is 2. The molecule has 0 atom stereocenters. The summed E-state index contributed by atoms with van der Waals surface area (Å²) in [5.74, 6) is 0.402. The second-order valence-corrected chi connectivity index (χ2v) is 6.78. The van der Waals surface area contributed by atoms with Gasteiger partial charge in [-0.2, -0.15) is 0 Å². The molecule has 29 heavy (non-hydrogen) atoms. The van der Waals surface area contributed by atoms with Crippen molar-refractivity contribution in [3.8, 4) is 5.75 Å². The molecule has 3 aromatic carbocycles. The van der Waals surface area contributed by atoms with E-state index in [0.717, 1.165) is 11.0 Å². The van der Waals surface area contributed by atoms with Crippen LogP contribution in [0.5, 0.6) is 5.75 Å². The summed E-state index contributed by atoms with van der Waals surface area (Å²) in [6.45, 7) is 0.782. The maximum absolute atomic E-state index is 13.0. The summed E-state index contributed by atoms with van der Waals surface area (Å²) in [7, 11) is 0. The Bertz CT molecular complexity index is 1140. The van der Waals surface area contributed by atoms with E-state index in [9.17, 15) is 9.18 Å². The molecular weight excluding hydrogens is 393 g/mol. The van der Waals surface area contributed by atoms with E-state index in [2.05, 4.69) is 10.3 Å². The van der Waals surface area contributed by atoms with Crippen molar-refractivity contribution < 1.29 is 13.9 Å². The maximum atomic E-state index is 13.0. The van der Waals surface area contributed by atoms with Crippen LogP contribution in [0.1, 0.15) is 10.4 Å². The first-order chi connectivity index (χ1) is 14.1. The molecule has 0 bridgehead atoms. The Kier molecular flexibility index (Phi) is 5.44. The fourth-order valence-electron chi connectivity index (χ4n) is 2.96. The number of amides is 1. The number of nitrogens with one attached hydrogen (secondary N) is 1. The van der Waals surface area contributed by atoms with Crippen LogP contribution in [0.25, 0.3) is 11.0 Å². The SMILES string of the molecule is O=C(Nc1nc2ccccc2n1CCOc1ccc(F)cc1)c1ccc(Cl)cc1. The van der Waals surface area contributed by atoms with Gasteiger partial charge >= 0.3 is 0 Å². The van der Waals surface area contributed by atoms with Gasteiger partial charge < -0.3 is 9.30 Å². The molecule has 0 saturated carbocycles. The molecule has 1 aromatic heterocycles. The minimum atomic E-state index is -0.315. The van der Waals surface area contributed by atoms with Crippen molar-refractivity contribution in [3.63, 3.8) is 0 Å². The van der Waals surface area contributed by atoms with Crippen LogP contribution in [0.3, 0.4) is 0 Å². The van der Waals surface area contributed by atoms with Crippen molar-refractivity contribution in [2.75, 3.05) is 11.9 Å². The van der Waals surface area contributed by atoms with Crippen molar-refractivity contribution in [1.82, 2.24) is 9.55 Å².